The number of ether oxygens (including phenoxy) is 2. The highest BCUT2D eigenvalue weighted by Gasteiger charge is 2.38. The molecular weight excluding hydrogens is 312 g/mol. The van der Waals surface area contributed by atoms with E-state index < -0.39 is 0 Å². The van der Waals surface area contributed by atoms with E-state index in [1.807, 2.05) is 48.5 Å². The van der Waals surface area contributed by atoms with Gasteiger partial charge in [0.15, 0.2) is 0 Å². The van der Waals surface area contributed by atoms with Crippen molar-refractivity contribution in [2.45, 2.75) is 31.1 Å². The summed E-state index contributed by atoms with van der Waals surface area (Å²) in [6.07, 6.45) is 3.56. The first kappa shape index (κ1) is 18.4. The van der Waals surface area contributed by atoms with Crippen molar-refractivity contribution in [2.24, 2.45) is 0 Å². The van der Waals surface area contributed by atoms with Gasteiger partial charge in [-0.15, -0.1) is 0 Å². The van der Waals surface area contributed by atoms with Crippen LogP contribution in [0.3, 0.4) is 0 Å². The molecule has 0 heterocycles. The van der Waals surface area contributed by atoms with E-state index in [0.717, 1.165) is 41.9 Å². The summed E-state index contributed by atoms with van der Waals surface area (Å²) >= 11 is 0. The second kappa shape index (κ2) is 8.76. The minimum absolute atomic E-state index is 0.228. The first-order chi connectivity index (χ1) is 12.2. The number of nitrogens with zero attached hydrogens (tertiary/aromatic N) is 2. The van der Waals surface area contributed by atoms with E-state index in [-0.39, 0.29) is 5.41 Å². The molecule has 0 radical (unpaired) electrons. The fraction of sp³-hybridized carbons (Fsp3) is 0.333. The van der Waals surface area contributed by atoms with Crippen LogP contribution in [0.4, 0.5) is 0 Å². The third kappa shape index (κ3) is 4.52. The largest absolute Gasteiger partial charge is 0.497 e. The molecule has 1 aliphatic rings. The molecule has 2 aromatic carbocycles. The van der Waals surface area contributed by atoms with Crippen LogP contribution in [0.1, 0.15) is 30.4 Å². The van der Waals surface area contributed by atoms with Crippen LogP contribution in [0.5, 0.6) is 11.5 Å². The van der Waals surface area contributed by atoms with Crippen molar-refractivity contribution in [2.75, 3.05) is 14.2 Å². The van der Waals surface area contributed by atoms with Crippen LogP contribution in [-0.4, -0.2) is 14.2 Å². The van der Waals surface area contributed by atoms with Crippen LogP contribution < -0.4 is 9.47 Å². The van der Waals surface area contributed by atoms with Gasteiger partial charge < -0.3 is 9.47 Å². The van der Waals surface area contributed by atoms with Gasteiger partial charge in [0.2, 0.25) is 0 Å². The van der Waals surface area contributed by atoms with Crippen LogP contribution in [-0.2, 0) is 11.8 Å². The molecule has 2 aromatic rings. The third-order valence-corrected chi connectivity index (χ3v) is 4.46. The summed E-state index contributed by atoms with van der Waals surface area (Å²) in [5.41, 5.74) is 1.87. The van der Waals surface area contributed by atoms with Crippen LogP contribution in [0.25, 0.3) is 0 Å². The SMILES string of the molecule is COc1cccc(C2(C#N)CCC2)c1.COc1cccc(CC#N)c1. The van der Waals surface area contributed by atoms with Crippen molar-refractivity contribution in [3.8, 4) is 23.6 Å². The highest BCUT2D eigenvalue weighted by atomic mass is 16.5. The molecule has 0 bridgehead atoms. The summed E-state index contributed by atoms with van der Waals surface area (Å²) in [4.78, 5) is 0. The molecule has 4 nitrogen and oxygen atoms in total. The first-order valence-corrected chi connectivity index (χ1v) is 8.23. The van der Waals surface area contributed by atoms with E-state index in [1.54, 1.807) is 14.2 Å². The van der Waals surface area contributed by atoms with Crippen molar-refractivity contribution in [3.63, 3.8) is 0 Å². The summed E-state index contributed by atoms with van der Waals surface area (Å²) in [5, 5.41) is 17.6. The number of nitriles is 2. The maximum absolute atomic E-state index is 9.16. The molecule has 25 heavy (non-hydrogen) atoms. The van der Waals surface area contributed by atoms with E-state index in [2.05, 4.69) is 12.1 Å². The lowest BCUT2D eigenvalue weighted by Gasteiger charge is -2.35. The zero-order valence-electron chi connectivity index (χ0n) is 14.7. The first-order valence-electron chi connectivity index (χ1n) is 8.23. The molecule has 0 N–H and O–H groups in total. The van der Waals surface area contributed by atoms with Gasteiger partial charge in [0.05, 0.1) is 38.2 Å². The van der Waals surface area contributed by atoms with Crippen LogP contribution in [0, 0.1) is 22.7 Å². The Balaban J connectivity index is 0.000000186. The average molecular weight is 334 g/mol. The third-order valence-electron chi connectivity index (χ3n) is 4.46. The molecule has 4 heteroatoms. The smallest absolute Gasteiger partial charge is 0.119 e. The molecule has 0 aliphatic heterocycles. The quantitative estimate of drug-likeness (QED) is 0.831. The van der Waals surface area contributed by atoms with Gasteiger partial charge in [-0.2, -0.15) is 10.5 Å². The van der Waals surface area contributed by atoms with Gasteiger partial charge in [-0.1, -0.05) is 24.3 Å². The molecule has 0 saturated heterocycles. The van der Waals surface area contributed by atoms with Gasteiger partial charge in [-0.3, -0.25) is 0 Å². The number of rotatable bonds is 4. The van der Waals surface area contributed by atoms with E-state index >= 15 is 0 Å². The van der Waals surface area contributed by atoms with Crippen molar-refractivity contribution < 1.29 is 9.47 Å². The molecule has 0 aromatic heterocycles. The molecule has 3 rings (SSSR count). The summed E-state index contributed by atoms with van der Waals surface area (Å²) in [6.45, 7) is 0. The summed E-state index contributed by atoms with van der Waals surface area (Å²) < 4.78 is 10.1. The number of methoxy groups -OCH3 is 2. The number of hydrogen-bond donors (Lipinski definition) is 0. The zero-order valence-corrected chi connectivity index (χ0v) is 14.7. The Morgan fingerprint density at radius 1 is 0.960 bits per heavy atom. The Kier molecular flexibility index (Phi) is 6.43. The molecule has 1 saturated carbocycles. The molecule has 1 fully saturated rings. The number of hydrogen-bond acceptors (Lipinski definition) is 4. The molecule has 0 amide bonds. The summed E-state index contributed by atoms with van der Waals surface area (Å²) in [6, 6.07) is 19.9. The van der Waals surface area contributed by atoms with Crippen LogP contribution >= 0.6 is 0 Å². The molecule has 0 spiro atoms. The van der Waals surface area contributed by atoms with Gasteiger partial charge >= 0.3 is 0 Å². The van der Waals surface area contributed by atoms with Crippen molar-refractivity contribution in [1.82, 2.24) is 0 Å². The predicted molar refractivity (Wildman–Crippen MR) is 96.4 cm³/mol. The van der Waals surface area contributed by atoms with Crippen molar-refractivity contribution >= 4 is 0 Å². The summed E-state index contributed by atoms with van der Waals surface area (Å²) in [5.74, 6) is 1.64. The minimum atomic E-state index is -0.228. The Bertz CT molecular complexity index is 783. The van der Waals surface area contributed by atoms with E-state index in [4.69, 9.17) is 20.0 Å². The summed E-state index contributed by atoms with van der Waals surface area (Å²) in [7, 11) is 3.27. The average Bonchev–Trinajstić information content (AvgIpc) is 2.62. The highest BCUT2D eigenvalue weighted by Crippen LogP contribution is 2.43. The number of benzene rings is 2. The minimum Gasteiger partial charge on any atom is -0.497 e. The maximum atomic E-state index is 9.16. The Morgan fingerprint density at radius 3 is 2.12 bits per heavy atom. The zero-order chi connectivity index (χ0) is 18.1. The highest BCUT2D eigenvalue weighted by molar-refractivity contribution is 5.40. The molecule has 128 valence electrons. The van der Waals surface area contributed by atoms with Gasteiger partial charge in [0.1, 0.15) is 11.5 Å². The van der Waals surface area contributed by atoms with E-state index in [1.165, 1.54) is 0 Å². The molecular formula is C21H22N2O2. The predicted octanol–water partition coefficient (Wildman–Crippen LogP) is 4.40. The Morgan fingerprint density at radius 2 is 1.60 bits per heavy atom. The topological polar surface area (TPSA) is 66.0 Å². The Labute approximate surface area is 149 Å². The molecule has 1 aliphatic carbocycles. The van der Waals surface area contributed by atoms with E-state index in [0.29, 0.717) is 6.42 Å². The fourth-order valence-electron chi connectivity index (χ4n) is 2.79. The standard InChI is InChI=1S/C12H13NO.C9H9NO/c1-14-11-5-2-4-10(8-11)12(9-13)6-3-7-12;1-11-9-4-2-3-8(7-9)5-6-10/h2,4-5,8H,3,6-7H2,1H3;2-4,7H,5H2,1H3. The second-order valence-electron chi connectivity index (χ2n) is 5.97. The van der Waals surface area contributed by atoms with Crippen LogP contribution in [0.2, 0.25) is 0 Å². The van der Waals surface area contributed by atoms with Gasteiger partial charge in [-0.25, -0.2) is 0 Å². The van der Waals surface area contributed by atoms with Crippen molar-refractivity contribution in [3.05, 3.63) is 59.7 Å². The lowest BCUT2D eigenvalue weighted by molar-refractivity contribution is 0.322. The van der Waals surface area contributed by atoms with E-state index in [9.17, 15) is 0 Å². The van der Waals surface area contributed by atoms with Gasteiger partial charge in [0, 0.05) is 0 Å². The lowest BCUT2D eigenvalue weighted by Crippen LogP contribution is -2.32. The van der Waals surface area contributed by atoms with Gasteiger partial charge in [0.25, 0.3) is 0 Å². The van der Waals surface area contributed by atoms with Crippen LogP contribution in [0.15, 0.2) is 48.5 Å². The molecule has 0 unspecified atom stereocenters. The lowest BCUT2D eigenvalue weighted by atomic mass is 9.65. The monoisotopic (exact) mass is 334 g/mol. The molecule has 0 atom stereocenters. The maximum Gasteiger partial charge on any atom is 0.119 e. The van der Waals surface area contributed by atoms with Crippen molar-refractivity contribution in [1.29, 1.82) is 10.5 Å². The normalized spacial score (nSPS) is 13.9. The Hall–Kier alpha value is -2.98. The fourth-order valence-corrected chi connectivity index (χ4v) is 2.79. The second-order valence-corrected chi connectivity index (χ2v) is 5.97. The van der Waals surface area contributed by atoms with Gasteiger partial charge in [-0.05, 0) is 54.7 Å².